The smallest absolute Gasteiger partial charge is 0.282 e. The molecule has 2 heterocycles. The second-order valence-electron chi connectivity index (χ2n) is 7.86. The van der Waals surface area contributed by atoms with Gasteiger partial charge in [0.2, 0.25) is 0 Å². The van der Waals surface area contributed by atoms with E-state index in [2.05, 4.69) is 6.92 Å². The topological polar surface area (TPSA) is 49.9 Å². The molecule has 2 aliphatic rings. The van der Waals surface area contributed by atoms with Crippen LogP contribution < -0.4 is 4.90 Å². The van der Waals surface area contributed by atoms with E-state index in [1.54, 1.807) is 24.3 Å². The van der Waals surface area contributed by atoms with Crippen molar-refractivity contribution >= 4 is 34.7 Å². The fraction of sp³-hybridized carbons (Fsp3) is 0.333. The number of carbonyl (C=O) groups is 2. The molecule has 2 amide bonds. The third-order valence-electron chi connectivity index (χ3n) is 5.53. The Hall–Kier alpha value is -2.63. The second-order valence-corrected chi connectivity index (χ2v) is 8.29. The van der Waals surface area contributed by atoms with Crippen molar-refractivity contribution in [3.63, 3.8) is 0 Å². The van der Waals surface area contributed by atoms with Gasteiger partial charge in [0.25, 0.3) is 11.8 Å². The van der Waals surface area contributed by atoms with Crippen LogP contribution >= 0.6 is 11.6 Å². The van der Waals surface area contributed by atoms with Gasteiger partial charge in [-0.15, -0.1) is 0 Å². The molecule has 2 unspecified atom stereocenters. The van der Waals surface area contributed by atoms with Gasteiger partial charge in [-0.25, -0.2) is 4.90 Å². The SMILES string of the molecule is CCc1ccc(N2C(=O)C(c3ccc(Cl)cc3)=C(N3CC(C)OC(C)C3)C2=O)cc1. The Labute approximate surface area is 181 Å². The Balaban J connectivity index is 1.80. The number of aryl methyl sites for hydroxylation is 1. The lowest BCUT2D eigenvalue weighted by atomic mass is 10.0. The normalized spacial score (nSPS) is 22.3. The monoisotopic (exact) mass is 424 g/mol. The van der Waals surface area contributed by atoms with E-state index in [1.165, 1.54) is 4.90 Å². The zero-order valence-corrected chi connectivity index (χ0v) is 18.1. The summed E-state index contributed by atoms with van der Waals surface area (Å²) in [5.74, 6) is -0.608. The summed E-state index contributed by atoms with van der Waals surface area (Å²) in [6.07, 6.45) is 0.827. The number of halogens is 1. The molecular weight excluding hydrogens is 400 g/mol. The highest BCUT2D eigenvalue weighted by molar-refractivity contribution is 6.45. The van der Waals surface area contributed by atoms with Gasteiger partial charge in [0, 0.05) is 18.1 Å². The van der Waals surface area contributed by atoms with Gasteiger partial charge in [-0.1, -0.05) is 42.8 Å². The number of ether oxygens (including phenoxy) is 1. The van der Waals surface area contributed by atoms with Gasteiger partial charge < -0.3 is 9.64 Å². The van der Waals surface area contributed by atoms with E-state index in [0.717, 1.165) is 12.0 Å². The van der Waals surface area contributed by atoms with E-state index < -0.39 is 0 Å². The molecule has 4 rings (SSSR count). The van der Waals surface area contributed by atoms with Crippen LogP contribution in [0.2, 0.25) is 5.02 Å². The standard InChI is InChI=1S/C24H25ClN2O3/c1-4-17-5-11-20(12-6-17)27-23(28)21(18-7-9-19(25)10-8-18)22(24(27)29)26-13-15(2)30-16(3)14-26/h5-12,15-16H,4,13-14H2,1-3H3. The van der Waals surface area contributed by atoms with Crippen LogP contribution in [0.15, 0.2) is 54.2 Å². The van der Waals surface area contributed by atoms with Crippen molar-refractivity contribution in [1.82, 2.24) is 4.90 Å². The number of anilines is 1. The summed E-state index contributed by atoms with van der Waals surface area (Å²) in [6.45, 7) is 7.14. The molecule has 0 saturated carbocycles. The molecule has 0 aliphatic carbocycles. The first-order valence-corrected chi connectivity index (χ1v) is 10.6. The van der Waals surface area contributed by atoms with Crippen molar-refractivity contribution in [3.05, 3.63) is 70.4 Å². The molecule has 6 heteroatoms. The molecule has 156 valence electrons. The van der Waals surface area contributed by atoms with Crippen LogP contribution in [0.5, 0.6) is 0 Å². The minimum Gasteiger partial charge on any atom is -0.372 e. The average Bonchev–Trinajstić information content (AvgIpc) is 2.98. The number of benzene rings is 2. The second kappa shape index (κ2) is 8.25. The molecular formula is C24H25ClN2O3. The third-order valence-corrected chi connectivity index (χ3v) is 5.78. The Kier molecular flexibility index (Phi) is 5.67. The Bertz CT molecular complexity index is 988. The zero-order valence-electron chi connectivity index (χ0n) is 17.4. The molecule has 30 heavy (non-hydrogen) atoms. The summed E-state index contributed by atoms with van der Waals surface area (Å²) in [7, 11) is 0. The predicted molar refractivity (Wildman–Crippen MR) is 118 cm³/mol. The Morgan fingerprint density at radius 2 is 1.53 bits per heavy atom. The largest absolute Gasteiger partial charge is 0.372 e. The fourth-order valence-corrected chi connectivity index (χ4v) is 4.29. The van der Waals surface area contributed by atoms with Gasteiger partial charge in [-0.3, -0.25) is 9.59 Å². The number of hydrogen-bond donors (Lipinski definition) is 0. The molecule has 0 aromatic heterocycles. The predicted octanol–water partition coefficient (Wildman–Crippen LogP) is 4.30. The summed E-state index contributed by atoms with van der Waals surface area (Å²) in [5, 5.41) is 0.582. The van der Waals surface area contributed by atoms with Gasteiger partial charge in [-0.05, 0) is 55.7 Å². The highest BCUT2D eigenvalue weighted by Crippen LogP contribution is 2.36. The molecule has 0 radical (unpaired) electrons. The molecule has 0 spiro atoms. The maximum Gasteiger partial charge on any atom is 0.282 e. The van der Waals surface area contributed by atoms with Gasteiger partial charge in [0.1, 0.15) is 5.70 Å². The minimum atomic E-state index is -0.312. The maximum absolute atomic E-state index is 13.6. The van der Waals surface area contributed by atoms with Crippen molar-refractivity contribution in [2.24, 2.45) is 0 Å². The highest BCUT2D eigenvalue weighted by Gasteiger charge is 2.43. The lowest BCUT2D eigenvalue weighted by Crippen LogP contribution is -2.47. The van der Waals surface area contributed by atoms with Crippen LogP contribution in [-0.4, -0.2) is 42.0 Å². The van der Waals surface area contributed by atoms with Crippen molar-refractivity contribution < 1.29 is 14.3 Å². The number of imide groups is 1. The first kappa shape index (κ1) is 20.6. The molecule has 2 aromatic carbocycles. The summed E-state index contributed by atoms with van der Waals surface area (Å²) >= 11 is 6.05. The zero-order chi connectivity index (χ0) is 21.4. The lowest BCUT2D eigenvalue weighted by Gasteiger charge is -2.37. The van der Waals surface area contributed by atoms with Gasteiger partial charge in [0.05, 0.1) is 23.5 Å². The number of hydrogen-bond acceptors (Lipinski definition) is 4. The summed E-state index contributed by atoms with van der Waals surface area (Å²) < 4.78 is 5.84. The molecule has 1 saturated heterocycles. The summed E-state index contributed by atoms with van der Waals surface area (Å²) in [6, 6.07) is 14.6. The van der Waals surface area contributed by atoms with E-state index >= 15 is 0 Å². The van der Waals surface area contributed by atoms with E-state index in [9.17, 15) is 9.59 Å². The fourth-order valence-electron chi connectivity index (χ4n) is 4.16. The average molecular weight is 425 g/mol. The third kappa shape index (κ3) is 3.75. The Morgan fingerprint density at radius 1 is 0.933 bits per heavy atom. The van der Waals surface area contributed by atoms with Gasteiger partial charge in [-0.2, -0.15) is 0 Å². The number of morpholine rings is 1. The van der Waals surface area contributed by atoms with Gasteiger partial charge >= 0.3 is 0 Å². The molecule has 5 nitrogen and oxygen atoms in total. The highest BCUT2D eigenvalue weighted by atomic mass is 35.5. The maximum atomic E-state index is 13.6. The summed E-state index contributed by atoms with van der Waals surface area (Å²) in [5.41, 5.74) is 3.27. The number of amides is 2. The lowest BCUT2D eigenvalue weighted by molar-refractivity contribution is -0.121. The number of nitrogens with zero attached hydrogens (tertiary/aromatic N) is 2. The van der Waals surface area contributed by atoms with Crippen LogP contribution in [0.4, 0.5) is 5.69 Å². The van der Waals surface area contributed by atoms with E-state index in [-0.39, 0.29) is 24.0 Å². The molecule has 1 fully saturated rings. The molecule has 2 aromatic rings. The van der Waals surface area contributed by atoms with Crippen molar-refractivity contribution in [3.8, 4) is 0 Å². The van der Waals surface area contributed by atoms with Crippen molar-refractivity contribution in [1.29, 1.82) is 0 Å². The molecule has 2 atom stereocenters. The van der Waals surface area contributed by atoms with E-state index in [4.69, 9.17) is 16.3 Å². The molecule has 2 aliphatic heterocycles. The Morgan fingerprint density at radius 3 is 2.10 bits per heavy atom. The van der Waals surface area contributed by atoms with Crippen LogP contribution in [0, 0.1) is 0 Å². The van der Waals surface area contributed by atoms with Crippen LogP contribution in [0.25, 0.3) is 5.57 Å². The molecule has 0 bridgehead atoms. The number of rotatable bonds is 4. The van der Waals surface area contributed by atoms with Crippen molar-refractivity contribution in [2.45, 2.75) is 39.4 Å². The van der Waals surface area contributed by atoms with Crippen LogP contribution in [0.3, 0.4) is 0 Å². The van der Waals surface area contributed by atoms with E-state index in [0.29, 0.717) is 40.6 Å². The minimum absolute atomic E-state index is 0.0338. The quantitative estimate of drug-likeness (QED) is 0.687. The van der Waals surface area contributed by atoms with Crippen LogP contribution in [-0.2, 0) is 20.7 Å². The van der Waals surface area contributed by atoms with Crippen molar-refractivity contribution in [2.75, 3.05) is 18.0 Å². The molecule has 0 N–H and O–H groups in total. The first-order valence-electron chi connectivity index (χ1n) is 10.3. The first-order chi connectivity index (χ1) is 14.4. The van der Waals surface area contributed by atoms with Crippen LogP contribution in [0.1, 0.15) is 31.9 Å². The summed E-state index contributed by atoms with van der Waals surface area (Å²) in [4.78, 5) is 30.4. The number of carbonyl (C=O) groups excluding carboxylic acids is 2. The van der Waals surface area contributed by atoms with E-state index in [1.807, 2.05) is 43.0 Å². The van der Waals surface area contributed by atoms with Gasteiger partial charge in [0.15, 0.2) is 0 Å².